The van der Waals surface area contributed by atoms with E-state index in [0.29, 0.717) is 11.5 Å². The van der Waals surface area contributed by atoms with Gasteiger partial charge in [-0.25, -0.2) is 4.79 Å². The Morgan fingerprint density at radius 1 is 1.39 bits per heavy atom. The predicted octanol–water partition coefficient (Wildman–Crippen LogP) is 1.96. The molecule has 1 N–H and O–H groups in total. The summed E-state index contributed by atoms with van der Waals surface area (Å²) in [6.07, 6.45) is 1.14. The van der Waals surface area contributed by atoms with Crippen molar-refractivity contribution in [2.45, 2.75) is 6.61 Å². The van der Waals surface area contributed by atoms with Crippen LogP contribution in [0.25, 0.3) is 0 Å². The molecular weight excluding hydrogens is 238 g/mol. The van der Waals surface area contributed by atoms with E-state index < -0.39 is 5.97 Å². The number of aromatic carboxylic acids is 1. The van der Waals surface area contributed by atoms with Gasteiger partial charge in [-0.3, -0.25) is 0 Å². The van der Waals surface area contributed by atoms with Crippen molar-refractivity contribution >= 4 is 5.97 Å². The molecule has 0 aliphatic rings. The lowest BCUT2D eigenvalue weighted by Gasteiger charge is -2.08. The lowest BCUT2D eigenvalue weighted by Crippen LogP contribution is -2.03. The number of methoxy groups -OCH3 is 1. The molecule has 0 saturated heterocycles. The minimum absolute atomic E-state index is 0.00935. The third kappa shape index (κ3) is 2.42. The summed E-state index contributed by atoms with van der Waals surface area (Å²) in [6.45, 7) is -0.0258. The number of nitrogens with zero attached hydrogens (tertiary/aromatic N) is 1. The van der Waals surface area contributed by atoms with E-state index in [1.807, 2.05) is 6.07 Å². The summed E-state index contributed by atoms with van der Waals surface area (Å²) in [6, 6.07) is 7.06. The Morgan fingerprint density at radius 3 is 2.78 bits per heavy atom. The lowest BCUT2D eigenvalue weighted by atomic mass is 10.3. The van der Waals surface area contributed by atoms with Crippen LogP contribution in [-0.4, -0.2) is 23.3 Å². The van der Waals surface area contributed by atoms with Crippen LogP contribution in [0.5, 0.6) is 11.5 Å². The third-order valence-electron chi connectivity index (χ3n) is 2.30. The van der Waals surface area contributed by atoms with Crippen LogP contribution in [0.1, 0.15) is 16.1 Å². The van der Waals surface area contributed by atoms with Gasteiger partial charge < -0.3 is 19.1 Å². The molecule has 6 nitrogen and oxygen atoms in total. The second-order valence-corrected chi connectivity index (χ2v) is 3.41. The van der Waals surface area contributed by atoms with Gasteiger partial charge in [-0.15, -0.1) is 0 Å². The Morgan fingerprint density at radius 2 is 2.11 bits per heavy atom. The van der Waals surface area contributed by atoms with Gasteiger partial charge in [0, 0.05) is 0 Å². The van der Waals surface area contributed by atoms with Crippen molar-refractivity contribution < 1.29 is 23.9 Å². The zero-order chi connectivity index (χ0) is 13.0. The van der Waals surface area contributed by atoms with Crippen molar-refractivity contribution in [2.75, 3.05) is 7.11 Å². The van der Waals surface area contributed by atoms with Gasteiger partial charge in [0.05, 0.1) is 13.3 Å². The van der Waals surface area contributed by atoms with E-state index in [9.17, 15) is 4.79 Å². The SMILES string of the molecule is COc1ccccc1OCc1oncc1C(=O)O. The van der Waals surface area contributed by atoms with Gasteiger partial charge in [0.15, 0.2) is 17.3 Å². The molecule has 0 unspecified atom stereocenters. The summed E-state index contributed by atoms with van der Waals surface area (Å²) in [5, 5.41) is 12.3. The summed E-state index contributed by atoms with van der Waals surface area (Å²) in [4.78, 5) is 10.8. The average molecular weight is 249 g/mol. The van der Waals surface area contributed by atoms with Gasteiger partial charge in [-0.1, -0.05) is 17.3 Å². The number of hydrogen-bond acceptors (Lipinski definition) is 5. The molecule has 1 aromatic heterocycles. The van der Waals surface area contributed by atoms with Gasteiger partial charge in [-0.2, -0.15) is 0 Å². The molecular formula is C12H11NO5. The first-order valence-electron chi connectivity index (χ1n) is 5.15. The molecule has 0 saturated carbocycles. The predicted molar refractivity (Wildman–Crippen MR) is 60.8 cm³/mol. The molecule has 2 rings (SSSR count). The highest BCUT2D eigenvalue weighted by atomic mass is 16.5. The molecule has 0 fully saturated rings. The van der Waals surface area contributed by atoms with Gasteiger partial charge in [-0.05, 0) is 12.1 Å². The largest absolute Gasteiger partial charge is 0.493 e. The fourth-order valence-corrected chi connectivity index (χ4v) is 1.42. The van der Waals surface area contributed by atoms with Gasteiger partial charge >= 0.3 is 5.97 Å². The van der Waals surface area contributed by atoms with Crippen molar-refractivity contribution in [1.29, 1.82) is 0 Å². The summed E-state index contributed by atoms with van der Waals surface area (Å²) in [5.74, 6) is 0.130. The maximum Gasteiger partial charge on any atom is 0.341 e. The summed E-state index contributed by atoms with van der Waals surface area (Å²) in [5.41, 5.74) is -0.00935. The first-order valence-corrected chi connectivity index (χ1v) is 5.15. The topological polar surface area (TPSA) is 81.8 Å². The quantitative estimate of drug-likeness (QED) is 0.872. The fraction of sp³-hybridized carbons (Fsp3) is 0.167. The summed E-state index contributed by atoms with van der Waals surface area (Å²) in [7, 11) is 1.53. The van der Waals surface area contributed by atoms with Crippen LogP contribution in [-0.2, 0) is 6.61 Å². The van der Waals surface area contributed by atoms with Crippen molar-refractivity contribution in [2.24, 2.45) is 0 Å². The van der Waals surface area contributed by atoms with Crippen molar-refractivity contribution in [3.63, 3.8) is 0 Å². The van der Waals surface area contributed by atoms with E-state index in [1.54, 1.807) is 18.2 Å². The molecule has 0 radical (unpaired) electrons. The van der Waals surface area contributed by atoms with E-state index in [4.69, 9.17) is 19.1 Å². The Kier molecular flexibility index (Phi) is 3.47. The maximum absolute atomic E-state index is 10.8. The molecule has 94 valence electrons. The van der Waals surface area contributed by atoms with E-state index >= 15 is 0 Å². The molecule has 2 aromatic rings. The van der Waals surface area contributed by atoms with E-state index in [2.05, 4.69) is 5.16 Å². The second-order valence-electron chi connectivity index (χ2n) is 3.41. The fourth-order valence-electron chi connectivity index (χ4n) is 1.42. The van der Waals surface area contributed by atoms with Crippen LogP contribution in [0.2, 0.25) is 0 Å². The number of ether oxygens (including phenoxy) is 2. The van der Waals surface area contributed by atoms with Crippen molar-refractivity contribution in [1.82, 2.24) is 5.16 Å². The molecule has 1 aromatic carbocycles. The summed E-state index contributed by atoms with van der Waals surface area (Å²) < 4.78 is 15.4. The molecule has 0 bridgehead atoms. The third-order valence-corrected chi connectivity index (χ3v) is 2.30. The van der Waals surface area contributed by atoms with Crippen LogP contribution in [0, 0.1) is 0 Å². The Balaban J connectivity index is 2.11. The minimum Gasteiger partial charge on any atom is -0.493 e. The molecule has 1 heterocycles. The molecule has 0 aliphatic carbocycles. The molecule has 0 spiro atoms. The highest BCUT2D eigenvalue weighted by molar-refractivity contribution is 5.88. The molecule has 0 amide bonds. The van der Waals surface area contributed by atoms with E-state index in [-0.39, 0.29) is 17.9 Å². The van der Waals surface area contributed by atoms with E-state index in [1.165, 1.54) is 7.11 Å². The number of aromatic nitrogens is 1. The molecule has 6 heteroatoms. The molecule has 0 atom stereocenters. The number of carboxylic acid groups (broad SMARTS) is 1. The number of hydrogen-bond donors (Lipinski definition) is 1. The first kappa shape index (κ1) is 12.0. The van der Waals surface area contributed by atoms with Gasteiger partial charge in [0.2, 0.25) is 0 Å². The first-order chi connectivity index (χ1) is 8.72. The van der Waals surface area contributed by atoms with Gasteiger partial charge in [0.25, 0.3) is 0 Å². The average Bonchev–Trinajstić information content (AvgIpc) is 2.85. The van der Waals surface area contributed by atoms with Crippen LogP contribution in [0.4, 0.5) is 0 Å². The van der Waals surface area contributed by atoms with Gasteiger partial charge in [0.1, 0.15) is 12.2 Å². The number of carboxylic acids is 1. The number of rotatable bonds is 5. The van der Waals surface area contributed by atoms with Crippen molar-refractivity contribution in [3.8, 4) is 11.5 Å². The zero-order valence-electron chi connectivity index (χ0n) is 9.62. The zero-order valence-corrected chi connectivity index (χ0v) is 9.62. The number of benzene rings is 1. The number of carbonyl (C=O) groups is 1. The normalized spacial score (nSPS) is 10.1. The monoisotopic (exact) mass is 249 g/mol. The standard InChI is InChI=1S/C12H11NO5/c1-16-9-4-2-3-5-10(9)17-7-11-8(12(14)15)6-13-18-11/h2-6H,7H2,1H3,(H,14,15). The highest BCUT2D eigenvalue weighted by Gasteiger charge is 2.16. The maximum atomic E-state index is 10.8. The Labute approximate surface area is 103 Å². The smallest absolute Gasteiger partial charge is 0.341 e. The Bertz CT molecular complexity index is 549. The van der Waals surface area contributed by atoms with Crippen molar-refractivity contribution in [3.05, 3.63) is 41.8 Å². The second kappa shape index (κ2) is 5.22. The van der Waals surface area contributed by atoms with Crippen LogP contribution in [0.3, 0.4) is 0 Å². The van der Waals surface area contributed by atoms with Crippen LogP contribution < -0.4 is 9.47 Å². The highest BCUT2D eigenvalue weighted by Crippen LogP contribution is 2.26. The van der Waals surface area contributed by atoms with Crippen LogP contribution >= 0.6 is 0 Å². The number of para-hydroxylation sites is 2. The van der Waals surface area contributed by atoms with E-state index in [0.717, 1.165) is 6.20 Å². The molecule has 0 aliphatic heterocycles. The molecule has 18 heavy (non-hydrogen) atoms. The summed E-state index contributed by atoms with van der Waals surface area (Å²) >= 11 is 0. The van der Waals surface area contributed by atoms with Crippen LogP contribution in [0.15, 0.2) is 35.0 Å². The Hall–Kier alpha value is -2.50. The minimum atomic E-state index is -1.10. The lowest BCUT2D eigenvalue weighted by molar-refractivity contribution is 0.0691.